The minimum atomic E-state index is -4.17. The van der Waals surface area contributed by atoms with E-state index in [9.17, 15) is 13.2 Å². The Hall–Kier alpha value is -0.980. The summed E-state index contributed by atoms with van der Waals surface area (Å²) >= 11 is 23.3. The number of alkyl halides is 3. The third-order valence-corrected chi connectivity index (χ3v) is 6.64. The third kappa shape index (κ3) is 5.02. The molecule has 0 radical (unpaired) electrons. The lowest BCUT2D eigenvalue weighted by molar-refractivity contribution is 0.0948. The number of hydrogen-bond acceptors (Lipinski definition) is 3. The Morgan fingerprint density at radius 1 is 1.00 bits per heavy atom. The molecule has 0 saturated heterocycles. The molecule has 2 aromatic carbocycles. The molecule has 0 aliphatic carbocycles. The highest BCUT2D eigenvalue weighted by atomic mass is 35.6. The first-order chi connectivity index (χ1) is 11.5. The topological polar surface area (TPSA) is 63.2 Å². The normalized spacial score (nSPS) is 13.3. The van der Waals surface area contributed by atoms with Crippen LogP contribution in [0.4, 0.5) is 0 Å². The molecule has 0 aliphatic heterocycles. The van der Waals surface area contributed by atoms with Crippen molar-refractivity contribution in [1.82, 2.24) is 5.32 Å². The summed E-state index contributed by atoms with van der Waals surface area (Å²) in [6, 6.07) is 11.9. The molecule has 0 bridgehead atoms. The molecule has 0 unspecified atom stereocenters. The van der Waals surface area contributed by atoms with E-state index in [-0.39, 0.29) is 10.5 Å². The van der Waals surface area contributed by atoms with E-state index in [1.165, 1.54) is 24.3 Å². The lowest BCUT2D eigenvalue weighted by Gasteiger charge is -2.25. The number of halogens is 4. The van der Waals surface area contributed by atoms with Crippen LogP contribution < -0.4 is 5.32 Å². The van der Waals surface area contributed by atoms with Crippen LogP contribution in [0.1, 0.15) is 15.9 Å². The predicted octanol–water partition coefficient (Wildman–Crippen LogP) is 4.55. The molecule has 0 aromatic heterocycles. The van der Waals surface area contributed by atoms with Gasteiger partial charge < -0.3 is 5.32 Å². The number of carbonyl (C=O) groups is 1. The van der Waals surface area contributed by atoms with Crippen LogP contribution in [0, 0.1) is 6.92 Å². The Morgan fingerprint density at radius 3 is 2.00 bits per heavy atom. The Morgan fingerprint density at radius 2 is 1.52 bits per heavy atom. The molecule has 1 N–H and O–H groups in total. The summed E-state index contributed by atoms with van der Waals surface area (Å²) in [5, 5.41) is 0.867. The molecule has 1 amide bonds. The zero-order valence-electron chi connectivity index (χ0n) is 12.8. The van der Waals surface area contributed by atoms with Crippen LogP contribution in [0.3, 0.4) is 0 Å². The van der Waals surface area contributed by atoms with Gasteiger partial charge in [-0.1, -0.05) is 64.1 Å². The van der Waals surface area contributed by atoms with E-state index in [0.29, 0.717) is 5.02 Å². The van der Waals surface area contributed by atoms with Gasteiger partial charge in [0.05, 0.1) is 4.90 Å². The number of amides is 1. The molecule has 9 heteroatoms. The Balaban J connectivity index is 2.38. The number of aryl methyl sites for hydroxylation is 1. The quantitative estimate of drug-likeness (QED) is 0.709. The zero-order chi connectivity index (χ0) is 18.8. The summed E-state index contributed by atoms with van der Waals surface area (Å²) < 4.78 is 23.3. The molecule has 0 spiro atoms. The largest absolute Gasteiger partial charge is 0.332 e. The summed E-state index contributed by atoms with van der Waals surface area (Å²) in [6.45, 7) is 1.86. The maximum atomic E-state index is 12.8. The summed E-state index contributed by atoms with van der Waals surface area (Å²) in [7, 11) is -4.17. The number of rotatable bonds is 4. The second-order valence-electron chi connectivity index (χ2n) is 5.26. The highest BCUT2D eigenvalue weighted by Gasteiger charge is 2.44. The Labute approximate surface area is 165 Å². The van der Waals surface area contributed by atoms with Crippen LogP contribution in [0.25, 0.3) is 0 Å². The number of nitrogens with one attached hydrogen (secondary N) is 1. The fraction of sp³-hybridized carbons (Fsp3) is 0.188. The van der Waals surface area contributed by atoms with Crippen molar-refractivity contribution in [2.45, 2.75) is 21.0 Å². The van der Waals surface area contributed by atoms with Gasteiger partial charge in [0.25, 0.3) is 5.91 Å². The van der Waals surface area contributed by atoms with Crippen molar-refractivity contribution in [3.63, 3.8) is 0 Å². The zero-order valence-corrected chi connectivity index (χ0v) is 16.7. The van der Waals surface area contributed by atoms with Crippen molar-refractivity contribution >= 4 is 62.1 Å². The SMILES string of the molecule is Cc1ccc(C(=O)N[C@@H](C(Cl)(Cl)Cl)S(=O)(=O)c2ccc(Cl)cc2)cc1. The molecule has 0 heterocycles. The van der Waals surface area contributed by atoms with Crippen molar-refractivity contribution < 1.29 is 13.2 Å². The Kier molecular flexibility index (Phi) is 6.28. The van der Waals surface area contributed by atoms with E-state index in [2.05, 4.69) is 5.32 Å². The van der Waals surface area contributed by atoms with E-state index < -0.39 is 24.9 Å². The van der Waals surface area contributed by atoms with Gasteiger partial charge in [-0.25, -0.2) is 8.42 Å². The fourth-order valence-electron chi connectivity index (χ4n) is 2.00. The summed E-state index contributed by atoms with van der Waals surface area (Å²) in [5.41, 5.74) is 1.19. The van der Waals surface area contributed by atoms with E-state index in [1.54, 1.807) is 24.3 Å². The van der Waals surface area contributed by atoms with Crippen LogP contribution in [-0.4, -0.2) is 23.5 Å². The number of carbonyl (C=O) groups excluding carboxylic acids is 1. The van der Waals surface area contributed by atoms with Crippen molar-refractivity contribution in [2.24, 2.45) is 0 Å². The first kappa shape index (κ1) is 20.3. The molecule has 2 aromatic rings. The van der Waals surface area contributed by atoms with Crippen LogP contribution in [0.2, 0.25) is 5.02 Å². The second-order valence-corrected chi connectivity index (χ2v) is 10.1. The van der Waals surface area contributed by atoms with Crippen molar-refractivity contribution in [3.8, 4) is 0 Å². The van der Waals surface area contributed by atoms with Crippen LogP contribution in [-0.2, 0) is 9.84 Å². The van der Waals surface area contributed by atoms with E-state index in [1.807, 2.05) is 6.92 Å². The highest BCUT2D eigenvalue weighted by molar-refractivity contribution is 7.92. The second kappa shape index (κ2) is 7.72. The molecule has 0 fully saturated rings. The van der Waals surface area contributed by atoms with Crippen LogP contribution >= 0.6 is 46.4 Å². The molecule has 134 valence electrons. The molecule has 1 atom stereocenters. The first-order valence-corrected chi connectivity index (χ1v) is 10.0. The van der Waals surface area contributed by atoms with E-state index >= 15 is 0 Å². The number of hydrogen-bond donors (Lipinski definition) is 1. The monoisotopic (exact) mass is 439 g/mol. The third-order valence-electron chi connectivity index (χ3n) is 3.33. The van der Waals surface area contributed by atoms with Crippen LogP contribution in [0.5, 0.6) is 0 Å². The van der Waals surface area contributed by atoms with Gasteiger partial charge in [0, 0.05) is 10.6 Å². The average molecular weight is 441 g/mol. The smallest absolute Gasteiger partial charge is 0.252 e. The minimum Gasteiger partial charge on any atom is -0.332 e. The highest BCUT2D eigenvalue weighted by Crippen LogP contribution is 2.36. The maximum Gasteiger partial charge on any atom is 0.252 e. The summed E-state index contributed by atoms with van der Waals surface area (Å²) in [6.07, 6.45) is 0. The molecular formula is C16H13Cl4NO3S. The standard InChI is InChI=1S/C16H13Cl4NO3S/c1-10-2-4-11(5-3-10)14(22)21-15(16(18,19)20)25(23,24)13-8-6-12(17)7-9-13/h2-9,15H,1H3,(H,21,22)/t15-/m1/s1. The van der Waals surface area contributed by atoms with Crippen molar-refractivity contribution in [3.05, 3.63) is 64.7 Å². The fourth-order valence-corrected chi connectivity index (χ4v) is 4.75. The molecule has 2 rings (SSSR count). The maximum absolute atomic E-state index is 12.8. The molecular weight excluding hydrogens is 428 g/mol. The van der Waals surface area contributed by atoms with Gasteiger partial charge in [0.15, 0.2) is 5.37 Å². The lowest BCUT2D eigenvalue weighted by Crippen LogP contribution is -2.49. The van der Waals surface area contributed by atoms with E-state index in [4.69, 9.17) is 46.4 Å². The van der Waals surface area contributed by atoms with E-state index in [0.717, 1.165) is 5.56 Å². The van der Waals surface area contributed by atoms with Crippen molar-refractivity contribution in [2.75, 3.05) is 0 Å². The van der Waals surface area contributed by atoms with Gasteiger partial charge in [-0.05, 0) is 43.3 Å². The number of benzene rings is 2. The molecule has 0 saturated carbocycles. The molecule has 25 heavy (non-hydrogen) atoms. The summed E-state index contributed by atoms with van der Waals surface area (Å²) in [4.78, 5) is 12.2. The molecule has 4 nitrogen and oxygen atoms in total. The summed E-state index contributed by atoms with van der Waals surface area (Å²) in [5.74, 6) is -0.672. The number of sulfone groups is 1. The van der Waals surface area contributed by atoms with Gasteiger partial charge in [-0.2, -0.15) is 0 Å². The minimum absolute atomic E-state index is 0.127. The Bertz CT molecular complexity index is 860. The van der Waals surface area contributed by atoms with Gasteiger partial charge in [-0.3, -0.25) is 4.79 Å². The van der Waals surface area contributed by atoms with Crippen LogP contribution in [0.15, 0.2) is 53.4 Å². The van der Waals surface area contributed by atoms with Gasteiger partial charge in [-0.15, -0.1) is 0 Å². The van der Waals surface area contributed by atoms with Gasteiger partial charge in [0.1, 0.15) is 0 Å². The van der Waals surface area contributed by atoms with Gasteiger partial charge >= 0.3 is 0 Å². The first-order valence-electron chi connectivity index (χ1n) is 6.95. The predicted molar refractivity (Wildman–Crippen MR) is 101 cm³/mol. The van der Waals surface area contributed by atoms with Crippen molar-refractivity contribution in [1.29, 1.82) is 0 Å². The molecule has 0 aliphatic rings. The lowest BCUT2D eigenvalue weighted by atomic mass is 10.1. The average Bonchev–Trinajstić information content (AvgIpc) is 2.52. The van der Waals surface area contributed by atoms with Gasteiger partial charge in [0.2, 0.25) is 13.6 Å².